The first-order valence-corrected chi connectivity index (χ1v) is 7.85. The predicted molar refractivity (Wildman–Crippen MR) is 71.4 cm³/mol. The fourth-order valence-corrected chi connectivity index (χ4v) is 3.06. The average molecular weight is 320 g/mol. The maximum absolute atomic E-state index is 12.3. The minimum Gasteiger partial charge on any atom is -0.294 e. The summed E-state index contributed by atoms with van der Waals surface area (Å²) >= 11 is 0. The molecule has 0 amide bonds. The molecular weight excluding hydrogens is 305 g/mol. The van der Waals surface area contributed by atoms with E-state index < -0.39 is 28.3 Å². The van der Waals surface area contributed by atoms with E-state index in [-0.39, 0.29) is 23.5 Å². The van der Waals surface area contributed by atoms with Crippen LogP contribution < -0.4 is 0 Å². The topological polar surface area (TPSA) is 61.2 Å². The first-order chi connectivity index (χ1) is 9.68. The molecule has 1 rings (SSSR count). The molecule has 0 saturated heterocycles. The number of rotatable bonds is 6. The SMILES string of the molecule is CCN(CCS(=O)(=O)c1cccc(C#N)c1)CC(F)(F)F. The van der Waals surface area contributed by atoms with E-state index in [2.05, 4.69) is 0 Å². The van der Waals surface area contributed by atoms with Crippen LogP contribution >= 0.6 is 0 Å². The Balaban J connectivity index is 2.78. The summed E-state index contributed by atoms with van der Waals surface area (Å²) in [4.78, 5) is 0.968. The molecule has 0 radical (unpaired) electrons. The van der Waals surface area contributed by atoms with Crippen molar-refractivity contribution in [2.24, 2.45) is 0 Å². The fourth-order valence-electron chi connectivity index (χ4n) is 1.73. The first kappa shape index (κ1) is 17.5. The zero-order valence-electron chi connectivity index (χ0n) is 11.4. The highest BCUT2D eigenvalue weighted by atomic mass is 32.2. The molecule has 0 atom stereocenters. The summed E-state index contributed by atoms with van der Waals surface area (Å²) in [7, 11) is -3.71. The molecule has 8 heteroatoms. The van der Waals surface area contributed by atoms with Gasteiger partial charge in [-0.25, -0.2) is 8.42 Å². The van der Waals surface area contributed by atoms with Gasteiger partial charge in [0.2, 0.25) is 0 Å². The third-order valence-electron chi connectivity index (χ3n) is 2.85. The van der Waals surface area contributed by atoms with Crippen LogP contribution in [-0.4, -0.2) is 44.9 Å². The van der Waals surface area contributed by atoms with Gasteiger partial charge in [-0.2, -0.15) is 18.4 Å². The van der Waals surface area contributed by atoms with E-state index >= 15 is 0 Å². The van der Waals surface area contributed by atoms with Crippen molar-refractivity contribution in [3.63, 3.8) is 0 Å². The number of benzene rings is 1. The maximum atomic E-state index is 12.3. The lowest BCUT2D eigenvalue weighted by Gasteiger charge is -2.21. The molecule has 0 aliphatic carbocycles. The summed E-state index contributed by atoms with van der Waals surface area (Å²) in [5, 5.41) is 8.73. The van der Waals surface area contributed by atoms with Crippen LogP contribution in [0.3, 0.4) is 0 Å². The highest BCUT2D eigenvalue weighted by molar-refractivity contribution is 7.91. The van der Waals surface area contributed by atoms with Crippen LogP contribution in [-0.2, 0) is 9.84 Å². The highest BCUT2D eigenvalue weighted by Gasteiger charge is 2.30. The van der Waals surface area contributed by atoms with E-state index in [0.29, 0.717) is 0 Å². The lowest BCUT2D eigenvalue weighted by Crippen LogP contribution is -2.37. The zero-order chi connectivity index (χ0) is 16.1. The van der Waals surface area contributed by atoms with Crippen LogP contribution in [0.5, 0.6) is 0 Å². The molecule has 0 N–H and O–H groups in total. The monoisotopic (exact) mass is 320 g/mol. The Hall–Kier alpha value is -1.59. The largest absolute Gasteiger partial charge is 0.401 e. The van der Waals surface area contributed by atoms with Crippen molar-refractivity contribution in [1.29, 1.82) is 5.26 Å². The zero-order valence-corrected chi connectivity index (χ0v) is 12.2. The minimum absolute atomic E-state index is 0.0513. The molecule has 0 heterocycles. The number of halogens is 3. The lowest BCUT2D eigenvalue weighted by molar-refractivity contribution is -0.144. The second kappa shape index (κ2) is 6.91. The molecule has 0 fully saturated rings. The molecule has 1 aromatic carbocycles. The number of sulfone groups is 1. The molecule has 0 saturated carbocycles. The van der Waals surface area contributed by atoms with E-state index in [0.717, 1.165) is 4.90 Å². The summed E-state index contributed by atoms with van der Waals surface area (Å²) in [6.45, 7) is 0.286. The third-order valence-corrected chi connectivity index (χ3v) is 4.54. The molecule has 0 aromatic heterocycles. The van der Waals surface area contributed by atoms with Crippen LogP contribution in [0.1, 0.15) is 12.5 Å². The Morgan fingerprint density at radius 1 is 1.33 bits per heavy atom. The molecule has 1 aromatic rings. The van der Waals surface area contributed by atoms with E-state index in [1.165, 1.54) is 31.2 Å². The van der Waals surface area contributed by atoms with Gasteiger partial charge >= 0.3 is 6.18 Å². The molecule has 4 nitrogen and oxygen atoms in total. The molecule has 0 unspecified atom stereocenters. The summed E-state index contributed by atoms with van der Waals surface area (Å²) in [6.07, 6.45) is -4.36. The van der Waals surface area contributed by atoms with Crippen LogP contribution in [0, 0.1) is 11.3 Å². The normalized spacial score (nSPS) is 12.4. The van der Waals surface area contributed by atoms with E-state index in [1.54, 1.807) is 0 Å². The molecule has 116 valence electrons. The van der Waals surface area contributed by atoms with Crippen LogP contribution in [0.15, 0.2) is 29.2 Å². The van der Waals surface area contributed by atoms with Crippen molar-refractivity contribution >= 4 is 9.84 Å². The summed E-state index contributed by atoms with van der Waals surface area (Å²) in [6, 6.07) is 7.26. The minimum atomic E-state index is -4.36. The van der Waals surface area contributed by atoms with Crippen molar-refractivity contribution in [3.8, 4) is 6.07 Å². The molecule has 0 aliphatic heterocycles. The second-order valence-corrected chi connectivity index (χ2v) is 6.55. The van der Waals surface area contributed by atoms with E-state index in [1.807, 2.05) is 6.07 Å². The van der Waals surface area contributed by atoms with Crippen LogP contribution in [0.2, 0.25) is 0 Å². The number of nitrogens with zero attached hydrogens (tertiary/aromatic N) is 2. The summed E-state index contributed by atoms with van der Waals surface area (Å²) < 4.78 is 61.1. The predicted octanol–water partition coefficient (Wildman–Crippen LogP) is 2.22. The van der Waals surface area contributed by atoms with Gasteiger partial charge in [-0.05, 0) is 24.7 Å². The van der Waals surface area contributed by atoms with Crippen molar-refractivity contribution < 1.29 is 21.6 Å². The quantitative estimate of drug-likeness (QED) is 0.806. The van der Waals surface area contributed by atoms with Crippen molar-refractivity contribution in [1.82, 2.24) is 4.90 Å². The van der Waals surface area contributed by atoms with Crippen molar-refractivity contribution in [2.45, 2.75) is 18.0 Å². The Kier molecular flexibility index (Phi) is 5.75. The summed E-state index contributed by atoms with van der Waals surface area (Å²) in [5.41, 5.74) is 0.193. The van der Waals surface area contributed by atoms with Crippen molar-refractivity contribution in [2.75, 3.05) is 25.4 Å². The standard InChI is InChI=1S/C13H15F3N2O2S/c1-2-18(10-13(14,15)16)6-7-21(19,20)12-5-3-4-11(8-12)9-17/h3-5,8H,2,6-7,10H2,1H3. The lowest BCUT2D eigenvalue weighted by atomic mass is 10.2. The van der Waals surface area contributed by atoms with Gasteiger partial charge in [0.15, 0.2) is 9.84 Å². The number of alkyl halides is 3. The second-order valence-electron chi connectivity index (χ2n) is 4.44. The third kappa shape index (κ3) is 5.73. The molecule has 0 bridgehead atoms. The molecular formula is C13H15F3N2O2S. The molecule has 21 heavy (non-hydrogen) atoms. The fraction of sp³-hybridized carbons (Fsp3) is 0.462. The number of hydrogen-bond acceptors (Lipinski definition) is 4. The van der Waals surface area contributed by atoms with Gasteiger partial charge in [-0.1, -0.05) is 13.0 Å². The first-order valence-electron chi connectivity index (χ1n) is 6.20. The van der Waals surface area contributed by atoms with E-state index in [9.17, 15) is 21.6 Å². The number of nitriles is 1. The van der Waals surface area contributed by atoms with Gasteiger partial charge in [0, 0.05) is 6.54 Å². The van der Waals surface area contributed by atoms with E-state index in [4.69, 9.17) is 5.26 Å². The van der Waals surface area contributed by atoms with Gasteiger partial charge in [0.25, 0.3) is 0 Å². The van der Waals surface area contributed by atoms with Crippen LogP contribution in [0.4, 0.5) is 13.2 Å². The highest BCUT2D eigenvalue weighted by Crippen LogP contribution is 2.17. The maximum Gasteiger partial charge on any atom is 0.401 e. The van der Waals surface area contributed by atoms with Crippen LogP contribution in [0.25, 0.3) is 0 Å². The Morgan fingerprint density at radius 2 is 2.00 bits per heavy atom. The average Bonchev–Trinajstić information content (AvgIpc) is 2.42. The van der Waals surface area contributed by atoms with Gasteiger partial charge in [0.1, 0.15) is 0 Å². The van der Waals surface area contributed by atoms with Gasteiger partial charge in [-0.3, -0.25) is 4.90 Å². The van der Waals surface area contributed by atoms with Crippen molar-refractivity contribution in [3.05, 3.63) is 29.8 Å². The van der Waals surface area contributed by atoms with Gasteiger partial charge in [0.05, 0.1) is 28.8 Å². The smallest absolute Gasteiger partial charge is 0.294 e. The number of hydrogen-bond donors (Lipinski definition) is 0. The van der Waals surface area contributed by atoms with Gasteiger partial charge in [-0.15, -0.1) is 0 Å². The Morgan fingerprint density at radius 3 is 2.52 bits per heavy atom. The Labute approximate surface area is 121 Å². The summed E-state index contributed by atoms with van der Waals surface area (Å²) in [5.74, 6) is -0.425. The Bertz CT molecular complexity index is 621. The van der Waals surface area contributed by atoms with Gasteiger partial charge < -0.3 is 0 Å². The molecule has 0 aliphatic rings. The molecule has 0 spiro atoms.